The summed E-state index contributed by atoms with van der Waals surface area (Å²) in [5.41, 5.74) is -0.471. The second-order valence-electron chi connectivity index (χ2n) is 7.98. The van der Waals surface area contributed by atoms with Crippen molar-refractivity contribution in [2.24, 2.45) is 0 Å². The Labute approximate surface area is 137 Å². The van der Waals surface area contributed by atoms with Crippen molar-refractivity contribution >= 4 is 15.9 Å². The van der Waals surface area contributed by atoms with Gasteiger partial charge in [-0.25, -0.2) is 0 Å². The molecule has 3 fully saturated rings. The molecule has 3 rings (SSSR count). The maximum atomic E-state index is 6.66. The number of rotatable bonds is 0. The lowest BCUT2D eigenvalue weighted by Gasteiger charge is -2.43. The molecule has 3 heterocycles. The van der Waals surface area contributed by atoms with Crippen molar-refractivity contribution in [1.29, 1.82) is 0 Å². The van der Waals surface area contributed by atoms with Gasteiger partial charge in [-0.1, -0.05) is 15.9 Å². The Morgan fingerprint density at radius 2 is 1.52 bits per heavy atom. The third-order valence-electron chi connectivity index (χ3n) is 5.81. The molecule has 0 aliphatic carbocycles. The summed E-state index contributed by atoms with van der Waals surface area (Å²) in [6, 6.07) is 0. The normalized spacial score (nSPS) is 50.4. The highest BCUT2D eigenvalue weighted by atomic mass is 79.9. The van der Waals surface area contributed by atoms with Gasteiger partial charge in [0.1, 0.15) is 0 Å². The summed E-state index contributed by atoms with van der Waals surface area (Å²) in [5.74, 6) is 0. The Morgan fingerprint density at radius 3 is 2.29 bits per heavy atom. The molecule has 3 aliphatic rings. The molecule has 1 unspecified atom stereocenters. The van der Waals surface area contributed by atoms with E-state index in [1.807, 2.05) is 0 Å². The molecule has 122 valence electrons. The number of ether oxygens (including phenoxy) is 3. The first-order valence-electron chi connectivity index (χ1n) is 8.39. The molecule has 0 bridgehead atoms. The van der Waals surface area contributed by atoms with E-state index in [0.29, 0.717) is 4.83 Å². The third-order valence-corrected chi connectivity index (χ3v) is 7.37. The summed E-state index contributed by atoms with van der Waals surface area (Å²) < 4.78 is 19.3. The van der Waals surface area contributed by atoms with Gasteiger partial charge in [-0.15, -0.1) is 0 Å². The number of fused-ring (bicyclic) bond motifs is 2. The highest BCUT2D eigenvalue weighted by molar-refractivity contribution is 9.09. The number of hydrogen-bond acceptors (Lipinski definition) is 3. The second kappa shape index (κ2) is 5.47. The van der Waals surface area contributed by atoms with Crippen LogP contribution in [-0.4, -0.2) is 40.4 Å². The fourth-order valence-electron chi connectivity index (χ4n) is 4.12. The minimum Gasteiger partial charge on any atom is -0.373 e. The van der Waals surface area contributed by atoms with E-state index in [2.05, 4.69) is 43.6 Å². The quantitative estimate of drug-likeness (QED) is 0.605. The number of alkyl halides is 1. The zero-order chi connectivity index (χ0) is 15.3. The van der Waals surface area contributed by atoms with Gasteiger partial charge in [-0.05, 0) is 66.2 Å². The largest absolute Gasteiger partial charge is 0.373 e. The van der Waals surface area contributed by atoms with Gasteiger partial charge < -0.3 is 14.2 Å². The van der Waals surface area contributed by atoms with Crippen molar-refractivity contribution in [1.82, 2.24) is 0 Å². The van der Waals surface area contributed by atoms with Crippen LogP contribution >= 0.6 is 15.9 Å². The van der Waals surface area contributed by atoms with Crippen molar-refractivity contribution in [3.05, 3.63) is 0 Å². The third kappa shape index (κ3) is 2.93. The van der Waals surface area contributed by atoms with Crippen molar-refractivity contribution in [3.8, 4) is 0 Å². The van der Waals surface area contributed by atoms with Crippen molar-refractivity contribution < 1.29 is 14.2 Å². The molecule has 0 spiro atoms. The monoisotopic (exact) mass is 360 g/mol. The van der Waals surface area contributed by atoms with Crippen LogP contribution in [0.3, 0.4) is 0 Å². The summed E-state index contributed by atoms with van der Waals surface area (Å²) in [6.45, 7) is 9.72. The minimum atomic E-state index is -0.192. The molecule has 0 saturated carbocycles. The Hall–Kier alpha value is 0.360. The lowest BCUT2D eigenvalue weighted by atomic mass is 9.87. The zero-order valence-corrected chi connectivity index (χ0v) is 15.4. The summed E-state index contributed by atoms with van der Waals surface area (Å²) in [7, 11) is 0. The van der Waals surface area contributed by atoms with E-state index in [1.54, 1.807) is 0 Å². The van der Waals surface area contributed by atoms with E-state index in [9.17, 15) is 0 Å². The van der Waals surface area contributed by atoms with Gasteiger partial charge in [-0.2, -0.15) is 0 Å². The van der Waals surface area contributed by atoms with Gasteiger partial charge in [0.05, 0.1) is 29.0 Å². The highest BCUT2D eigenvalue weighted by Gasteiger charge is 2.52. The van der Waals surface area contributed by atoms with E-state index in [1.165, 1.54) is 0 Å². The molecule has 0 amide bonds. The fraction of sp³-hybridized carbons (Fsp3) is 1.00. The molecule has 0 N–H and O–H groups in total. The zero-order valence-electron chi connectivity index (χ0n) is 13.8. The molecular weight excluding hydrogens is 332 g/mol. The van der Waals surface area contributed by atoms with E-state index < -0.39 is 0 Å². The Bertz CT molecular complexity index is 399. The van der Waals surface area contributed by atoms with Crippen LogP contribution in [0.4, 0.5) is 0 Å². The van der Waals surface area contributed by atoms with Crippen molar-refractivity contribution in [3.63, 3.8) is 0 Å². The topological polar surface area (TPSA) is 27.7 Å². The van der Waals surface area contributed by atoms with Gasteiger partial charge in [0, 0.05) is 11.4 Å². The summed E-state index contributed by atoms with van der Waals surface area (Å²) in [5, 5.41) is 0. The first kappa shape index (κ1) is 16.2. The summed E-state index contributed by atoms with van der Waals surface area (Å²) in [4.78, 5) is 0.381. The summed E-state index contributed by atoms with van der Waals surface area (Å²) in [6.07, 6.45) is 6.76. The molecule has 3 saturated heterocycles. The molecule has 0 aromatic carbocycles. The first-order valence-corrected chi connectivity index (χ1v) is 9.30. The van der Waals surface area contributed by atoms with E-state index in [-0.39, 0.29) is 29.0 Å². The van der Waals surface area contributed by atoms with E-state index in [0.717, 1.165) is 45.1 Å². The number of halogens is 1. The van der Waals surface area contributed by atoms with Gasteiger partial charge in [0.25, 0.3) is 0 Å². The van der Waals surface area contributed by atoms with Crippen LogP contribution in [0, 0.1) is 0 Å². The fourth-order valence-corrected chi connectivity index (χ4v) is 4.45. The van der Waals surface area contributed by atoms with Crippen LogP contribution in [-0.2, 0) is 14.2 Å². The second-order valence-corrected chi connectivity index (χ2v) is 9.08. The molecule has 3 aliphatic heterocycles. The molecule has 4 heteroatoms. The molecule has 3 nitrogen and oxygen atoms in total. The molecule has 5 atom stereocenters. The van der Waals surface area contributed by atoms with Gasteiger partial charge in [0.15, 0.2) is 0 Å². The van der Waals surface area contributed by atoms with Crippen molar-refractivity contribution in [2.45, 2.75) is 100 Å². The molecular formula is C17H29BrO3. The maximum absolute atomic E-state index is 6.66. The van der Waals surface area contributed by atoms with Gasteiger partial charge in [0.2, 0.25) is 0 Å². The average molecular weight is 361 g/mol. The summed E-state index contributed by atoms with van der Waals surface area (Å²) >= 11 is 3.81. The van der Waals surface area contributed by atoms with E-state index >= 15 is 0 Å². The van der Waals surface area contributed by atoms with Crippen LogP contribution in [0.1, 0.15) is 66.2 Å². The Kier molecular flexibility index (Phi) is 4.22. The Morgan fingerprint density at radius 1 is 0.857 bits per heavy atom. The Balaban J connectivity index is 1.87. The SMILES string of the molecule is CC1(C)O[C@@H]2CC[C@@]3(C)OCCC[C@@H]3O[C@@]2(C)CCC1Br. The van der Waals surface area contributed by atoms with Gasteiger partial charge >= 0.3 is 0 Å². The predicted molar refractivity (Wildman–Crippen MR) is 87.0 cm³/mol. The van der Waals surface area contributed by atoms with Crippen LogP contribution in [0.15, 0.2) is 0 Å². The lowest BCUT2D eigenvalue weighted by molar-refractivity contribution is -0.221. The smallest absolute Gasteiger partial charge is 0.0920 e. The van der Waals surface area contributed by atoms with E-state index in [4.69, 9.17) is 14.2 Å². The van der Waals surface area contributed by atoms with Crippen LogP contribution in [0.5, 0.6) is 0 Å². The molecule has 21 heavy (non-hydrogen) atoms. The van der Waals surface area contributed by atoms with Gasteiger partial charge in [-0.3, -0.25) is 0 Å². The molecule has 0 aromatic heterocycles. The predicted octanol–water partition coefficient (Wildman–Crippen LogP) is 4.21. The highest BCUT2D eigenvalue weighted by Crippen LogP contribution is 2.46. The lowest BCUT2D eigenvalue weighted by Crippen LogP contribution is -2.50. The van der Waals surface area contributed by atoms with Crippen LogP contribution in [0.2, 0.25) is 0 Å². The molecule has 0 aromatic rings. The van der Waals surface area contributed by atoms with Crippen molar-refractivity contribution in [2.75, 3.05) is 6.61 Å². The van der Waals surface area contributed by atoms with Crippen LogP contribution < -0.4 is 0 Å². The standard InChI is InChI=1S/C17H29BrO3/c1-15(2)12(18)7-9-17(4)14(20-15)8-10-16(3)13(21-17)6-5-11-19-16/h12-14H,5-11H2,1-4H3/t12?,13-,14+,16+,17-/m0/s1. The minimum absolute atomic E-state index is 0.130. The number of hydrogen-bond donors (Lipinski definition) is 0. The average Bonchev–Trinajstić information content (AvgIpc) is 2.57. The van der Waals surface area contributed by atoms with Crippen LogP contribution in [0.25, 0.3) is 0 Å². The first-order chi connectivity index (χ1) is 9.75. The maximum Gasteiger partial charge on any atom is 0.0920 e. The molecule has 0 radical (unpaired) electrons.